The van der Waals surface area contributed by atoms with Gasteiger partial charge in [-0.1, -0.05) is 212 Å². The molecule has 5 heteroatoms. The molecule has 14 aromatic carbocycles. The van der Waals surface area contributed by atoms with Crippen LogP contribution in [0.4, 0.5) is 0 Å². The second-order valence-corrected chi connectivity index (χ2v) is 21.8. The fourth-order valence-electron chi connectivity index (χ4n) is 14.1. The van der Waals surface area contributed by atoms with Crippen molar-refractivity contribution in [2.75, 3.05) is 0 Å². The molecule has 1 aliphatic carbocycles. The highest BCUT2D eigenvalue weighted by atomic mass is 15.1. The van der Waals surface area contributed by atoms with Gasteiger partial charge in [-0.25, -0.2) is 15.0 Å². The lowest BCUT2D eigenvalue weighted by Gasteiger charge is -2.18. The van der Waals surface area contributed by atoms with Gasteiger partial charge >= 0.3 is 0 Å². The Kier molecular flexibility index (Phi) is 9.22. The fourth-order valence-corrected chi connectivity index (χ4v) is 14.1. The molecule has 18 rings (SSSR count). The molecule has 3 aromatic heterocycles. The van der Waals surface area contributed by atoms with E-state index in [4.69, 9.17) is 15.0 Å². The summed E-state index contributed by atoms with van der Waals surface area (Å²) in [6, 6.07) is 97.9. The van der Waals surface area contributed by atoms with E-state index in [2.05, 4.69) is 270 Å². The molecule has 17 aromatic rings. The summed E-state index contributed by atoms with van der Waals surface area (Å²) in [6.07, 6.45) is 0. The van der Waals surface area contributed by atoms with Gasteiger partial charge in [0.2, 0.25) is 0 Å². The molecule has 0 bridgehead atoms. The minimum absolute atomic E-state index is 0.197. The highest BCUT2D eigenvalue weighted by Gasteiger charge is 2.33. The Labute approximate surface area is 464 Å². The summed E-state index contributed by atoms with van der Waals surface area (Å²) >= 11 is 0. The zero-order valence-electron chi connectivity index (χ0n) is 43.7. The lowest BCUT2D eigenvalue weighted by Crippen LogP contribution is -2.10. The highest BCUT2D eigenvalue weighted by molar-refractivity contribution is 6.32. The third kappa shape index (κ3) is 6.40. The van der Waals surface area contributed by atoms with Crippen molar-refractivity contribution < 1.29 is 0 Å². The van der Waals surface area contributed by atoms with Crippen LogP contribution < -0.4 is 0 Å². The summed E-state index contributed by atoms with van der Waals surface area (Å²) < 4.78 is 4.96. The maximum atomic E-state index is 5.67. The van der Waals surface area contributed by atoms with Gasteiger partial charge in [-0.05, 0) is 141 Å². The van der Waals surface area contributed by atoms with Crippen LogP contribution in [-0.2, 0) is 0 Å². The second-order valence-electron chi connectivity index (χ2n) is 21.8. The molecule has 0 unspecified atom stereocenters. The molecule has 81 heavy (non-hydrogen) atoms. The van der Waals surface area contributed by atoms with Crippen LogP contribution in [0, 0.1) is 0 Å². The molecule has 0 atom stereocenters. The summed E-state index contributed by atoms with van der Waals surface area (Å²) in [6.45, 7) is 0. The van der Waals surface area contributed by atoms with E-state index in [-0.39, 0.29) is 5.92 Å². The SMILES string of the molecule is c1ccc(-c2nc(-c3cc(-n4c5ccccc5c5ccccc54)cc(-n4c5cc6c7ccccc7c7ccccc7c6cc5c5cc6c7ccccc7c7ccccc7c6cc54)c3)nc(C3c4ccccc4-c4ccccc43)n2)cc1. The Bertz CT molecular complexity index is 5280. The van der Waals surface area contributed by atoms with Crippen LogP contribution in [0.3, 0.4) is 0 Å². The van der Waals surface area contributed by atoms with Crippen molar-refractivity contribution in [1.82, 2.24) is 24.1 Å². The molecule has 0 fully saturated rings. The van der Waals surface area contributed by atoms with E-state index >= 15 is 0 Å². The summed E-state index contributed by atoms with van der Waals surface area (Å²) in [7, 11) is 0. The largest absolute Gasteiger partial charge is 0.309 e. The van der Waals surface area contributed by atoms with Crippen LogP contribution in [0.2, 0.25) is 0 Å². The maximum Gasteiger partial charge on any atom is 0.163 e. The normalized spacial score (nSPS) is 12.6. The van der Waals surface area contributed by atoms with Gasteiger partial charge in [0.15, 0.2) is 11.6 Å². The van der Waals surface area contributed by atoms with E-state index in [1.54, 1.807) is 0 Å². The minimum Gasteiger partial charge on any atom is -0.309 e. The lowest BCUT2D eigenvalue weighted by molar-refractivity contribution is 0.855. The second kappa shape index (κ2) is 16.9. The first kappa shape index (κ1) is 44.3. The van der Waals surface area contributed by atoms with Gasteiger partial charge in [-0.2, -0.15) is 0 Å². The van der Waals surface area contributed by atoms with Crippen molar-refractivity contribution in [2.45, 2.75) is 5.92 Å². The molecule has 0 amide bonds. The highest BCUT2D eigenvalue weighted by Crippen LogP contribution is 2.49. The molecule has 0 N–H and O–H groups in total. The first-order valence-electron chi connectivity index (χ1n) is 27.9. The molecule has 3 heterocycles. The van der Waals surface area contributed by atoms with Crippen LogP contribution in [0.5, 0.6) is 0 Å². The monoisotopic (exact) mass is 1030 g/mol. The maximum absolute atomic E-state index is 5.67. The number of fused-ring (bicyclic) bond motifs is 21. The molecule has 0 radical (unpaired) electrons. The summed E-state index contributed by atoms with van der Waals surface area (Å²) in [5.74, 6) is 1.76. The van der Waals surface area contributed by atoms with E-state index in [0.717, 1.165) is 44.6 Å². The van der Waals surface area contributed by atoms with Crippen molar-refractivity contribution in [3.63, 3.8) is 0 Å². The summed E-state index contributed by atoms with van der Waals surface area (Å²) in [5, 5.41) is 19.6. The molecule has 374 valence electrons. The number of rotatable bonds is 5. The number of para-hydroxylation sites is 2. The van der Waals surface area contributed by atoms with E-state index < -0.39 is 0 Å². The average molecular weight is 1030 g/mol. The van der Waals surface area contributed by atoms with Crippen molar-refractivity contribution in [2.24, 2.45) is 0 Å². The van der Waals surface area contributed by atoms with Crippen molar-refractivity contribution in [3.05, 3.63) is 284 Å². The zero-order chi connectivity index (χ0) is 52.9. The van der Waals surface area contributed by atoms with Crippen LogP contribution in [0.1, 0.15) is 22.9 Å². The number of benzene rings is 14. The molecule has 0 spiro atoms. The first-order valence-corrected chi connectivity index (χ1v) is 27.9. The van der Waals surface area contributed by atoms with Gasteiger partial charge in [0, 0.05) is 44.0 Å². The van der Waals surface area contributed by atoms with Crippen molar-refractivity contribution in [1.29, 1.82) is 0 Å². The predicted molar refractivity (Wildman–Crippen MR) is 337 cm³/mol. The Morgan fingerprint density at radius 2 is 0.580 bits per heavy atom. The van der Waals surface area contributed by atoms with Gasteiger partial charge < -0.3 is 9.13 Å². The smallest absolute Gasteiger partial charge is 0.163 e. The van der Waals surface area contributed by atoms with Gasteiger partial charge in [-0.3, -0.25) is 0 Å². The number of hydrogen-bond acceptors (Lipinski definition) is 3. The number of nitrogens with zero attached hydrogens (tertiary/aromatic N) is 5. The fraction of sp³-hybridized carbons (Fsp3) is 0.0132. The van der Waals surface area contributed by atoms with E-state index in [1.807, 2.05) is 6.07 Å². The molecule has 0 aliphatic heterocycles. The van der Waals surface area contributed by atoms with Crippen LogP contribution >= 0.6 is 0 Å². The molecular formula is C76H45N5. The van der Waals surface area contributed by atoms with Crippen LogP contribution in [0.25, 0.3) is 154 Å². The van der Waals surface area contributed by atoms with E-state index in [9.17, 15) is 0 Å². The average Bonchev–Trinajstić information content (AvgIpc) is 4.23. The Morgan fingerprint density at radius 1 is 0.235 bits per heavy atom. The minimum atomic E-state index is -0.197. The number of hydrogen-bond donors (Lipinski definition) is 0. The Balaban J connectivity index is 1.00. The molecular weight excluding hydrogens is 983 g/mol. The Morgan fingerprint density at radius 3 is 1.04 bits per heavy atom. The molecule has 1 aliphatic rings. The van der Waals surface area contributed by atoms with Gasteiger partial charge in [0.05, 0.1) is 28.0 Å². The Hall–Kier alpha value is -10.8. The summed E-state index contributed by atoms with van der Waals surface area (Å²) in [5.41, 5.74) is 13.1. The molecule has 0 saturated heterocycles. The third-order valence-corrected chi connectivity index (χ3v) is 17.5. The van der Waals surface area contributed by atoms with E-state index in [1.165, 1.54) is 108 Å². The van der Waals surface area contributed by atoms with Crippen molar-refractivity contribution >= 4 is 108 Å². The number of aromatic nitrogens is 5. The van der Waals surface area contributed by atoms with Gasteiger partial charge in [0.1, 0.15) is 5.82 Å². The zero-order valence-corrected chi connectivity index (χ0v) is 43.7. The molecule has 5 nitrogen and oxygen atoms in total. The quantitative estimate of drug-likeness (QED) is 0.161. The predicted octanol–water partition coefficient (Wildman–Crippen LogP) is 19.5. The topological polar surface area (TPSA) is 48.5 Å². The lowest BCUT2D eigenvalue weighted by atomic mass is 9.92. The van der Waals surface area contributed by atoms with Gasteiger partial charge in [-0.15, -0.1) is 0 Å². The van der Waals surface area contributed by atoms with Crippen molar-refractivity contribution in [3.8, 4) is 45.3 Å². The van der Waals surface area contributed by atoms with Gasteiger partial charge in [0.25, 0.3) is 0 Å². The molecule has 0 saturated carbocycles. The van der Waals surface area contributed by atoms with E-state index in [0.29, 0.717) is 17.5 Å². The van der Waals surface area contributed by atoms with Crippen LogP contribution in [-0.4, -0.2) is 24.1 Å². The third-order valence-electron chi connectivity index (χ3n) is 17.5. The first-order chi connectivity index (χ1) is 40.2. The standard InChI is InChI=1S/C76H45N5/c1-2-20-45(21-3-1)74-77-75(79-76(78-74)73-61-34-14-12-26-53(61)54-27-13-15-35-62(54)73)46-38-47(80-69-36-18-16-32-59(69)60-33-17-19-37-70(60)80)40-48(39-46)81-71-43-65-57-30-10-6-24-51(57)49-22-4-8-28-55(49)63(65)41-67(71)68-42-64-56-29-9-5-23-50(56)52-25-7-11-31-58(52)66(64)44-72(68)81/h1-44,73H. The summed E-state index contributed by atoms with van der Waals surface area (Å²) in [4.78, 5) is 16.6. The van der Waals surface area contributed by atoms with Crippen LogP contribution in [0.15, 0.2) is 267 Å².